The van der Waals surface area contributed by atoms with Gasteiger partial charge in [-0.3, -0.25) is 19.5 Å². The van der Waals surface area contributed by atoms with Gasteiger partial charge in [0.1, 0.15) is 5.70 Å². The highest BCUT2D eigenvalue weighted by Crippen LogP contribution is 2.32. The van der Waals surface area contributed by atoms with Crippen molar-refractivity contribution in [2.24, 2.45) is 0 Å². The van der Waals surface area contributed by atoms with Crippen molar-refractivity contribution in [2.45, 2.75) is 27.3 Å². The summed E-state index contributed by atoms with van der Waals surface area (Å²) in [5, 5.41) is 3.25. The third-order valence-corrected chi connectivity index (χ3v) is 5.21. The number of nitrogens with zero attached hydrogens (tertiary/aromatic N) is 2. The van der Waals surface area contributed by atoms with E-state index in [1.807, 2.05) is 69.3 Å². The van der Waals surface area contributed by atoms with E-state index in [-0.39, 0.29) is 18.4 Å². The molecular formula is C25H23N3O2. The number of aromatic nitrogens is 1. The first-order valence-electron chi connectivity index (χ1n) is 9.85. The van der Waals surface area contributed by atoms with E-state index in [1.54, 1.807) is 18.5 Å². The number of hydrogen-bond donors (Lipinski definition) is 1. The van der Waals surface area contributed by atoms with Gasteiger partial charge in [-0.05, 0) is 49.6 Å². The lowest BCUT2D eigenvalue weighted by molar-refractivity contribution is -0.137. The zero-order valence-electron chi connectivity index (χ0n) is 17.3. The fourth-order valence-electron chi connectivity index (χ4n) is 3.59. The van der Waals surface area contributed by atoms with Crippen LogP contribution in [0.5, 0.6) is 0 Å². The van der Waals surface area contributed by atoms with E-state index >= 15 is 0 Å². The minimum atomic E-state index is -0.334. The van der Waals surface area contributed by atoms with Gasteiger partial charge in [0.25, 0.3) is 11.8 Å². The molecule has 1 aliphatic rings. The number of benzene rings is 2. The first-order valence-corrected chi connectivity index (χ1v) is 9.85. The zero-order valence-corrected chi connectivity index (χ0v) is 17.3. The van der Waals surface area contributed by atoms with Crippen molar-refractivity contribution in [2.75, 3.05) is 5.32 Å². The second-order valence-electron chi connectivity index (χ2n) is 7.62. The van der Waals surface area contributed by atoms with Crippen LogP contribution in [0.4, 0.5) is 5.69 Å². The molecule has 0 radical (unpaired) electrons. The smallest absolute Gasteiger partial charge is 0.278 e. The minimum absolute atomic E-state index is 0.179. The topological polar surface area (TPSA) is 62.3 Å². The monoisotopic (exact) mass is 397 g/mol. The van der Waals surface area contributed by atoms with Gasteiger partial charge < -0.3 is 5.32 Å². The fraction of sp³-hybridized carbons (Fsp3) is 0.160. The molecule has 0 unspecified atom stereocenters. The van der Waals surface area contributed by atoms with Crippen LogP contribution in [0.1, 0.15) is 27.8 Å². The number of carbonyl (C=O) groups excluding carboxylic acids is 2. The van der Waals surface area contributed by atoms with Crippen molar-refractivity contribution < 1.29 is 9.59 Å². The van der Waals surface area contributed by atoms with E-state index < -0.39 is 0 Å². The van der Waals surface area contributed by atoms with Gasteiger partial charge >= 0.3 is 0 Å². The van der Waals surface area contributed by atoms with Crippen LogP contribution in [0.25, 0.3) is 5.57 Å². The van der Waals surface area contributed by atoms with Crippen LogP contribution in [0.15, 0.2) is 72.7 Å². The Labute approximate surface area is 176 Å². The number of aryl methyl sites for hydroxylation is 3. The summed E-state index contributed by atoms with van der Waals surface area (Å²) >= 11 is 0. The van der Waals surface area contributed by atoms with Crippen molar-refractivity contribution in [3.8, 4) is 0 Å². The average Bonchev–Trinajstić information content (AvgIpc) is 2.96. The lowest BCUT2D eigenvalue weighted by Gasteiger charge is -2.15. The number of anilines is 1. The molecule has 4 rings (SSSR count). The van der Waals surface area contributed by atoms with E-state index in [0.717, 1.165) is 33.5 Å². The number of hydrogen-bond acceptors (Lipinski definition) is 4. The SMILES string of the molecule is Cc1ccc(C2=C(Nc3ccc(C)cc3C)C(=O)N(Cc3cccnc3)C2=O)cc1. The largest absolute Gasteiger partial charge is 0.350 e. The molecule has 150 valence electrons. The number of pyridine rings is 1. The Morgan fingerprint density at radius 2 is 1.63 bits per heavy atom. The minimum Gasteiger partial charge on any atom is -0.350 e. The maximum absolute atomic E-state index is 13.3. The fourth-order valence-corrected chi connectivity index (χ4v) is 3.59. The molecule has 2 heterocycles. The summed E-state index contributed by atoms with van der Waals surface area (Å²) in [6, 6.07) is 17.3. The summed E-state index contributed by atoms with van der Waals surface area (Å²) in [6.45, 7) is 6.17. The summed E-state index contributed by atoms with van der Waals surface area (Å²) < 4.78 is 0. The number of nitrogens with one attached hydrogen (secondary N) is 1. The van der Waals surface area contributed by atoms with E-state index in [9.17, 15) is 9.59 Å². The van der Waals surface area contributed by atoms with Crippen molar-refractivity contribution in [1.29, 1.82) is 0 Å². The zero-order chi connectivity index (χ0) is 21.3. The molecular weight excluding hydrogens is 374 g/mol. The third kappa shape index (κ3) is 3.74. The van der Waals surface area contributed by atoms with Gasteiger partial charge in [0, 0.05) is 18.1 Å². The summed E-state index contributed by atoms with van der Waals surface area (Å²) in [7, 11) is 0. The molecule has 30 heavy (non-hydrogen) atoms. The van der Waals surface area contributed by atoms with Crippen molar-refractivity contribution in [3.05, 3.63) is 101 Å². The van der Waals surface area contributed by atoms with Crippen LogP contribution in [0.3, 0.4) is 0 Å². The first kappa shape index (κ1) is 19.6. The number of amides is 2. The molecule has 0 saturated carbocycles. The average molecular weight is 397 g/mol. The van der Waals surface area contributed by atoms with Crippen LogP contribution < -0.4 is 5.32 Å². The molecule has 1 N–H and O–H groups in total. The molecule has 0 saturated heterocycles. The van der Waals surface area contributed by atoms with Gasteiger partial charge in [0.2, 0.25) is 0 Å². The standard InChI is InChI=1S/C25H23N3O2/c1-16-6-9-20(10-7-16)22-23(27-21-11-8-17(2)13-18(21)3)25(30)28(24(22)29)15-19-5-4-12-26-14-19/h4-14,27H,15H2,1-3H3. The molecule has 3 aromatic rings. The second kappa shape index (κ2) is 7.95. The van der Waals surface area contributed by atoms with E-state index in [4.69, 9.17) is 0 Å². The summed E-state index contributed by atoms with van der Waals surface area (Å²) in [5.74, 6) is -0.639. The maximum Gasteiger partial charge on any atom is 0.278 e. The Morgan fingerprint density at radius 1 is 0.900 bits per heavy atom. The molecule has 2 aromatic carbocycles. The molecule has 0 atom stereocenters. The van der Waals surface area contributed by atoms with Gasteiger partial charge in [-0.1, -0.05) is 53.6 Å². The Bertz CT molecular complexity index is 1150. The van der Waals surface area contributed by atoms with Crippen LogP contribution in [0, 0.1) is 20.8 Å². The van der Waals surface area contributed by atoms with E-state index in [2.05, 4.69) is 10.3 Å². The van der Waals surface area contributed by atoms with E-state index in [1.165, 1.54) is 4.90 Å². The first-order chi connectivity index (χ1) is 14.4. The normalized spacial score (nSPS) is 13.9. The maximum atomic E-state index is 13.3. The van der Waals surface area contributed by atoms with Crippen molar-refractivity contribution in [3.63, 3.8) is 0 Å². The molecule has 0 spiro atoms. The van der Waals surface area contributed by atoms with Crippen molar-refractivity contribution >= 4 is 23.1 Å². The lowest BCUT2D eigenvalue weighted by atomic mass is 10.0. The van der Waals surface area contributed by atoms with Crippen LogP contribution in [0.2, 0.25) is 0 Å². The van der Waals surface area contributed by atoms with Crippen LogP contribution in [-0.4, -0.2) is 21.7 Å². The Morgan fingerprint density at radius 3 is 2.30 bits per heavy atom. The molecule has 2 amide bonds. The molecule has 5 nitrogen and oxygen atoms in total. The lowest BCUT2D eigenvalue weighted by Crippen LogP contribution is -2.32. The van der Waals surface area contributed by atoms with Gasteiger partial charge in [-0.25, -0.2) is 0 Å². The van der Waals surface area contributed by atoms with Gasteiger partial charge in [0.05, 0.1) is 12.1 Å². The predicted molar refractivity (Wildman–Crippen MR) is 117 cm³/mol. The summed E-state index contributed by atoms with van der Waals surface area (Å²) in [5.41, 5.74) is 6.27. The molecule has 0 aliphatic carbocycles. The Kier molecular flexibility index (Phi) is 5.19. The van der Waals surface area contributed by atoms with Crippen molar-refractivity contribution in [1.82, 2.24) is 9.88 Å². The highest BCUT2D eigenvalue weighted by Gasteiger charge is 2.39. The number of carbonyl (C=O) groups is 2. The predicted octanol–water partition coefficient (Wildman–Crippen LogP) is 4.40. The number of rotatable bonds is 5. The Hall–Kier alpha value is -3.73. The molecule has 0 bridgehead atoms. The highest BCUT2D eigenvalue weighted by molar-refractivity contribution is 6.36. The van der Waals surface area contributed by atoms with Crippen LogP contribution in [-0.2, 0) is 16.1 Å². The molecule has 5 heteroatoms. The molecule has 1 aliphatic heterocycles. The highest BCUT2D eigenvalue weighted by atomic mass is 16.2. The van der Waals surface area contributed by atoms with Gasteiger partial charge in [-0.2, -0.15) is 0 Å². The van der Waals surface area contributed by atoms with Gasteiger partial charge in [-0.15, -0.1) is 0 Å². The number of imide groups is 1. The third-order valence-electron chi connectivity index (χ3n) is 5.21. The van der Waals surface area contributed by atoms with Crippen LogP contribution >= 0.6 is 0 Å². The second-order valence-corrected chi connectivity index (χ2v) is 7.62. The Balaban J connectivity index is 1.76. The van der Waals surface area contributed by atoms with Gasteiger partial charge in [0.15, 0.2) is 0 Å². The quantitative estimate of drug-likeness (QED) is 0.648. The molecule has 1 aromatic heterocycles. The summed E-state index contributed by atoms with van der Waals surface area (Å²) in [6.07, 6.45) is 3.34. The van der Waals surface area contributed by atoms with E-state index in [0.29, 0.717) is 11.3 Å². The molecule has 0 fully saturated rings. The summed E-state index contributed by atoms with van der Waals surface area (Å²) in [4.78, 5) is 32.0.